The predicted molar refractivity (Wildman–Crippen MR) is 50.5 cm³/mol. The molecule has 0 radical (unpaired) electrons. The number of nitrogens with zero attached hydrogens (tertiary/aromatic N) is 1. The minimum Gasteiger partial charge on any atom is -0.468 e. The first-order chi connectivity index (χ1) is 6.27. The average Bonchev–Trinajstić information content (AvgIpc) is 2.65. The summed E-state index contributed by atoms with van der Waals surface area (Å²) in [4.78, 5) is 13.5. The highest BCUT2D eigenvalue weighted by atomic mass is 16.5. The lowest BCUT2D eigenvalue weighted by atomic mass is 10.3. The molecule has 0 bridgehead atoms. The predicted octanol–water partition coefficient (Wildman–Crippen LogP) is -0.157. The summed E-state index contributed by atoms with van der Waals surface area (Å²) < 4.78 is 4.69. The van der Waals surface area contributed by atoms with Gasteiger partial charge in [0.25, 0.3) is 0 Å². The highest BCUT2D eigenvalue weighted by molar-refractivity contribution is 5.75. The van der Waals surface area contributed by atoms with Gasteiger partial charge in [-0.25, -0.2) is 0 Å². The zero-order chi connectivity index (χ0) is 9.68. The number of methoxy groups -OCH3 is 1. The van der Waals surface area contributed by atoms with Crippen molar-refractivity contribution in [2.75, 3.05) is 33.8 Å². The van der Waals surface area contributed by atoms with Crippen molar-refractivity contribution in [1.29, 1.82) is 0 Å². The van der Waals surface area contributed by atoms with Crippen LogP contribution in [0.4, 0.5) is 0 Å². The van der Waals surface area contributed by atoms with Crippen LogP contribution in [0.2, 0.25) is 0 Å². The van der Waals surface area contributed by atoms with Crippen molar-refractivity contribution in [2.24, 2.45) is 0 Å². The Morgan fingerprint density at radius 3 is 2.62 bits per heavy atom. The van der Waals surface area contributed by atoms with E-state index in [1.807, 2.05) is 0 Å². The number of hydrogen-bond acceptors (Lipinski definition) is 4. The van der Waals surface area contributed by atoms with Gasteiger partial charge >= 0.3 is 5.97 Å². The summed E-state index contributed by atoms with van der Waals surface area (Å²) in [5.41, 5.74) is 0. The van der Waals surface area contributed by atoms with E-state index >= 15 is 0 Å². The third-order valence-corrected chi connectivity index (χ3v) is 2.47. The molecule has 1 fully saturated rings. The van der Waals surface area contributed by atoms with Crippen LogP contribution in [-0.2, 0) is 9.53 Å². The van der Waals surface area contributed by atoms with Crippen molar-refractivity contribution in [3.8, 4) is 0 Å². The lowest BCUT2D eigenvalue weighted by molar-refractivity contribution is -0.143. The molecule has 0 aromatic rings. The topological polar surface area (TPSA) is 41.6 Å². The van der Waals surface area contributed by atoms with Crippen LogP contribution in [0.3, 0.4) is 0 Å². The first-order valence-electron chi connectivity index (χ1n) is 4.75. The number of esters is 1. The Morgan fingerprint density at radius 1 is 1.54 bits per heavy atom. The fourth-order valence-corrected chi connectivity index (χ4v) is 1.65. The molecule has 1 aliphatic heterocycles. The molecule has 0 spiro atoms. The van der Waals surface area contributed by atoms with E-state index < -0.39 is 0 Å². The second kappa shape index (κ2) is 5.19. The van der Waals surface area contributed by atoms with E-state index in [1.165, 1.54) is 20.0 Å². The van der Waals surface area contributed by atoms with Crippen LogP contribution >= 0.6 is 0 Å². The molecule has 1 aliphatic rings. The molecule has 76 valence electrons. The molecule has 1 atom stereocenters. The van der Waals surface area contributed by atoms with Crippen LogP contribution in [-0.4, -0.2) is 50.7 Å². The van der Waals surface area contributed by atoms with Gasteiger partial charge in [-0.1, -0.05) is 0 Å². The van der Waals surface area contributed by atoms with Crippen LogP contribution < -0.4 is 5.32 Å². The standard InChI is InChI=1S/C9H18N2O2/c1-10-8(9(12)13-2)7-11-5-3-4-6-11/h8,10H,3-7H2,1-2H3. The largest absolute Gasteiger partial charge is 0.468 e. The van der Waals surface area contributed by atoms with Gasteiger partial charge in [0.1, 0.15) is 6.04 Å². The number of carbonyl (C=O) groups is 1. The number of hydrogen-bond donors (Lipinski definition) is 1. The molecule has 0 saturated carbocycles. The zero-order valence-corrected chi connectivity index (χ0v) is 8.38. The van der Waals surface area contributed by atoms with E-state index in [-0.39, 0.29) is 12.0 Å². The minimum atomic E-state index is -0.178. The molecular weight excluding hydrogens is 168 g/mol. The summed E-state index contributed by atoms with van der Waals surface area (Å²) in [7, 11) is 3.22. The van der Waals surface area contributed by atoms with E-state index in [0.29, 0.717) is 0 Å². The second-order valence-corrected chi connectivity index (χ2v) is 3.37. The molecular formula is C9H18N2O2. The molecule has 0 aromatic heterocycles. The van der Waals surface area contributed by atoms with E-state index in [0.717, 1.165) is 19.6 Å². The van der Waals surface area contributed by atoms with Crippen LogP contribution in [0, 0.1) is 0 Å². The fourth-order valence-electron chi connectivity index (χ4n) is 1.65. The van der Waals surface area contributed by atoms with Gasteiger partial charge < -0.3 is 15.0 Å². The first-order valence-corrected chi connectivity index (χ1v) is 4.75. The van der Waals surface area contributed by atoms with Crippen molar-refractivity contribution < 1.29 is 9.53 Å². The van der Waals surface area contributed by atoms with E-state index in [4.69, 9.17) is 0 Å². The normalized spacial score (nSPS) is 20.2. The van der Waals surface area contributed by atoms with E-state index in [1.54, 1.807) is 7.05 Å². The Bertz CT molecular complexity index is 167. The average molecular weight is 186 g/mol. The third-order valence-electron chi connectivity index (χ3n) is 2.47. The van der Waals surface area contributed by atoms with Crippen LogP contribution in [0.25, 0.3) is 0 Å². The number of rotatable bonds is 4. The number of nitrogens with one attached hydrogen (secondary N) is 1. The van der Waals surface area contributed by atoms with E-state index in [9.17, 15) is 4.79 Å². The molecule has 4 nitrogen and oxygen atoms in total. The third kappa shape index (κ3) is 2.97. The Morgan fingerprint density at radius 2 is 2.15 bits per heavy atom. The van der Waals surface area contributed by atoms with Crippen molar-refractivity contribution in [3.63, 3.8) is 0 Å². The maximum Gasteiger partial charge on any atom is 0.324 e. The van der Waals surface area contributed by atoms with Crippen molar-refractivity contribution in [3.05, 3.63) is 0 Å². The van der Waals surface area contributed by atoms with Crippen LogP contribution in [0.15, 0.2) is 0 Å². The molecule has 1 unspecified atom stereocenters. The molecule has 0 aliphatic carbocycles. The smallest absolute Gasteiger partial charge is 0.324 e. The van der Waals surface area contributed by atoms with Gasteiger partial charge in [-0.15, -0.1) is 0 Å². The maximum atomic E-state index is 11.2. The second-order valence-electron chi connectivity index (χ2n) is 3.37. The fraction of sp³-hybridized carbons (Fsp3) is 0.889. The van der Waals surface area contributed by atoms with Gasteiger partial charge in [0.05, 0.1) is 7.11 Å². The van der Waals surface area contributed by atoms with Crippen LogP contribution in [0.1, 0.15) is 12.8 Å². The summed E-state index contributed by atoms with van der Waals surface area (Å²) in [6.07, 6.45) is 2.50. The molecule has 0 amide bonds. The lowest BCUT2D eigenvalue weighted by Gasteiger charge is -2.20. The highest BCUT2D eigenvalue weighted by Gasteiger charge is 2.22. The first kappa shape index (κ1) is 10.5. The maximum absolute atomic E-state index is 11.2. The van der Waals surface area contributed by atoms with Gasteiger partial charge in [0, 0.05) is 6.54 Å². The summed E-state index contributed by atoms with van der Waals surface area (Å²) >= 11 is 0. The quantitative estimate of drug-likeness (QED) is 0.620. The molecule has 1 N–H and O–H groups in total. The SMILES string of the molecule is CNC(CN1CCCC1)C(=O)OC. The van der Waals surface area contributed by atoms with Gasteiger partial charge in [-0.05, 0) is 33.0 Å². The van der Waals surface area contributed by atoms with Gasteiger partial charge in [0.15, 0.2) is 0 Å². The number of likely N-dealkylation sites (tertiary alicyclic amines) is 1. The summed E-state index contributed by atoms with van der Waals surface area (Å²) in [6, 6.07) is -0.178. The highest BCUT2D eigenvalue weighted by Crippen LogP contribution is 2.07. The number of carbonyl (C=O) groups excluding carboxylic acids is 1. The summed E-state index contributed by atoms with van der Waals surface area (Å²) in [5.74, 6) is -0.172. The van der Waals surface area contributed by atoms with Gasteiger partial charge in [-0.3, -0.25) is 4.79 Å². The molecule has 0 aromatic carbocycles. The Hall–Kier alpha value is -0.610. The van der Waals surface area contributed by atoms with E-state index in [2.05, 4.69) is 15.0 Å². The minimum absolute atomic E-state index is 0.172. The lowest BCUT2D eigenvalue weighted by Crippen LogP contribution is -2.44. The van der Waals surface area contributed by atoms with Crippen molar-refractivity contribution in [2.45, 2.75) is 18.9 Å². The Kier molecular flexibility index (Phi) is 4.18. The molecule has 4 heteroatoms. The molecule has 1 heterocycles. The molecule has 13 heavy (non-hydrogen) atoms. The molecule has 1 saturated heterocycles. The molecule has 1 rings (SSSR count). The van der Waals surface area contributed by atoms with Crippen molar-refractivity contribution in [1.82, 2.24) is 10.2 Å². The van der Waals surface area contributed by atoms with Gasteiger partial charge in [-0.2, -0.15) is 0 Å². The number of likely N-dealkylation sites (N-methyl/N-ethyl adjacent to an activating group) is 1. The summed E-state index contributed by atoms with van der Waals surface area (Å²) in [6.45, 7) is 2.98. The van der Waals surface area contributed by atoms with Gasteiger partial charge in [0.2, 0.25) is 0 Å². The number of ether oxygens (including phenoxy) is 1. The summed E-state index contributed by atoms with van der Waals surface area (Å²) in [5, 5.41) is 2.96. The van der Waals surface area contributed by atoms with Crippen molar-refractivity contribution >= 4 is 5.97 Å². The Balaban J connectivity index is 2.33. The monoisotopic (exact) mass is 186 g/mol. The van der Waals surface area contributed by atoms with Crippen LogP contribution in [0.5, 0.6) is 0 Å². The Labute approximate surface area is 79.2 Å². The zero-order valence-electron chi connectivity index (χ0n) is 8.38.